The van der Waals surface area contributed by atoms with E-state index in [1.54, 1.807) is 10.9 Å². The van der Waals surface area contributed by atoms with Gasteiger partial charge >= 0.3 is 0 Å². The molecule has 5 rings (SSSR count). The molecule has 2 aliphatic heterocycles. The number of hydrogen-bond acceptors (Lipinski definition) is 6. The number of piperidine rings is 1. The number of likely N-dealkylation sites (tertiary alicyclic amines) is 1. The number of aliphatic hydroxyl groups is 1. The summed E-state index contributed by atoms with van der Waals surface area (Å²) in [5, 5.41) is 16.5. The van der Waals surface area contributed by atoms with Crippen LogP contribution >= 0.6 is 0 Å². The van der Waals surface area contributed by atoms with Gasteiger partial charge in [-0.1, -0.05) is 24.3 Å². The van der Waals surface area contributed by atoms with E-state index in [4.69, 9.17) is 4.99 Å². The van der Waals surface area contributed by atoms with Crippen LogP contribution in [0.4, 0.5) is 0 Å². The fourth-order valence-electron chi connectivity index (χ4n) is 4.60. The molecule has 0 bridgehead atoms. The van der Waals surface area contributed by atoms with Crippen molar-refractivity contribution in [2.45, 2.75) is 31.0 Å². The minimum atomic E-state index is -0.932. The molecule has 158 valence electrons. The van der Waals surface area contributed by atoms with Crippen molar-refractivity contribution in [3.05, 3.63) is 59.6 Å². The van der Waals surface area contributed by atoms with Gasteiger partial charge < -0.3 is 9.90 Å². The van der Waals surface area contributed by atoms with Gasteiger partial charge in [-0.3, -0.25) is 19.6 Å². The molecule has 0 saturated carbocycles. The summed E-state index contributed by atoms with van der Waals surface area (Å²) in [6.07, 6.45) is 12.3. The SMILES string of the molecule is Cn1cc(-c2ccc(-c3cncc4c3=C[C@@](C=O)(N3CCCCC3O)CN=4)cc2)cn1. The Labute approximate surface area is 180 Å². The fourth-order valence-corrected chi connectivity index (χ4v) is 4.60. The third-order valence-electron chi connectivity index (χ3n) is 6.31. The topological polar surface area (TPSA) is 83.6 Å². The maximum Gasteiger partial charge on any atom is 0.146 e. The van der Waals surface area contributed by atoms with Crippen LogP contribution in [0.1, 0.15) is 19.3 Å². The van der Waals surface area contributed by atoms with Crippen molar-refractivity contribution >= 4 is 12.4 Å². The van der Waals surface area contributed by atoms with E-state index in [1.807, 2.05) is 36.6 Å². The standard InChI is InChI=1S/C24H25N5O2/c1-28-14-19(11-27-28)17-5-7-18(8-6-17)21-12-25-13-22-20(21)10-24(16-30,15-26-22)29-9-3-2-4-23(29)31/h5-8,10-14,16,23,31H,2-4,9,15H2,1H3/t23?,24-/m1/s1. The first kappa shape index (κ1) is 19.8. The third kappa shape index (κ3) is 3.49. The molecular weight excluding hydrogens is 390 g/mol. The average molecular weight is 415 g/mol. The van der Waals surface area contributed by atoms with E-state index in [1.165, 1.54) is 0 Å². The molecule has 7 heteroatoms. The molecule has 1 saturated heterocycles. The van der Waals surface area contributed by atoms with Crippen LogP contribution in [0, 0.1) is 0 Å². The number of carbonyl (C=O) groups excluding carboxylic acids is 1. The summed E-state index contributed by atoms with van der Waals surface area (Å²) >= 11 is 0. The smallest absolute Gasteiger partial charge is 0.146 e. The highest BCUT2D eigenvalue weighted by Gasteiger charge is 2.40. The molecule has 0 spiro atoms. The first-order valence-corrected chi connectivity index (χ1v) is 10.6. The lowest BCUT2D eigenvalue weighted by molar-refractivity contribution is -0.125. The number of aldehydes is 1. The summed E-state index contributed by atoms with van der Waals surface area (Å²) < 4.78 is 1.78. The molecule has 4 heterocycles. The zero-order valence-corrected chi connectivity index (χ0v) is 17.5. The Morgan fingerprint density at radius 3 is 2.61 bits per heavy atom. The van der Waals surface area contributed by atoms with Gasteiger partial charge in [0.25, 0.3) is 0 Å². The van der Waals surface area contributed by atoms with Crippen LogP contribution in [0.5, 0.6) is 0 Å². The van der Waals surface area contributed by atoms with Gasteiger partial charge in [-0.05, 0) is 36.5 Å². The zero-order chi connectivity index (χ0) is 21.4. The number of nitrogens with zero attached hydrogens (tertiary/aromatic N) is 5. The van der Waals surface area contributed by atoms with Crippen LogP contribution in [0.25, 0.3) is 28.3 Å². The molecule has 1 fully saturated rings. The molecule has 2 atom stereocenters. The van der Waals surface area contributed by atoms with E-state index in [9.17, 15) is 9.90 Å². The summed E-state index contributed by atoms with van der Waals surface area (Å²) in [6.45, 7) is 0.979. The molecule has 7 nitrogen and oxygen atoms in total. The Bertz CT molecular complexity index is 1230. The van der Waals surface area contributed by atoms with Gasteiger partial charge in [-0.15, -0.1) is 0 Å². The van der Waals surface area contributed by atoms with Gasteiger partial charge in [-0.25, -0.2) is 0 Å². The number of hydrogen-bond donors (Lipinski definition) is 1. The Morgan fingerprint density at radius 2 is 1.90 bits per heavy atom. The summed E-state index contributed by atoms with van der Waals surface area (Å²) in [5.41, 5.74) is 3.14. The summed E-state index contributed by atoms with van der Waals surface area (Å²) in [5.74, 6) is 0. The number of aliphatic hydroxyl groups excluding tert-OH is 1. The molecule has 31 heavy (non-hydrogen) atoms. The summed E-state index contributed by atoms with van der Waals surface area (Å²) in [7, 11) is 1.90. The number of benzene rings is 1. The molecule has 3 aromatic rings. The van der Waals surface area contributed by atoms with Crippen molar-refractivity contribution in [2.24, 2.45) is 12.0 Å². The highest BCUT2D eigenvalue weighted by atomic mass is 16.3. The normalized spacial score (nSPS) is 23.5. The fraction of sp³-hybridized carbons (Fsp3) is 0.333. The van der Waals surface area contributed by atoms with E-state index in [0.29, 0.717) is 19.5 Å². The number of carbonyl (C=O) groups is 1. The van der Waals surface area contributed by atoms with Crippen molar-refractivity contribution < 1.29 is 9.90 Å². The molecule has 1 aromatic carbocycles. The van der Waals surface area contributed by atoms with Gasteiger partial charge in [0.2, 0.25) is 0 Å². The molecule has 0 radical (unpaired) electrons. The number of fused-ring (bicyclic) bond motifs is 1. The zero-order valence-electron chi connectivity index (χ0n) is 17.5. The van der Waals surface area contributed by atoms with E-state index < -0.39 is 11.8 Å². The van der Waals surface area contributed by atoms with Crippen LogP contribution in [-0.2, 0) is 11.8 Å². The lowest BCUT2D eigenvalue weighted by Crippen LogP contribution is -2.60. The Kier molecular flexibility index (Phi) is 5.00. The minimum absolute atomic E-state index is 0.297. The van der Waals surface area contributed by atoms with Crippen molar-refractivity contribution in [3.63, 3.8) is 0 Å². The third-order valence-corrected chi connectivity index (χ3v) is 6.31. The quantitative estimate of drug-likeness (QED) is 0.650. The van der Waals surface area contributed by atoms with Crippen LogP contribution in [0.15, 0.2) is 54.0 Å². The molecule has 0 aliphatic carbocycles. The molecule has 1 unspecified atom stereocenters. The van der Waals surface area contributed by atoms with E-state index >= 15 is 0 Å². The van der Waals surface area contributed by atoms with Crippen LogP contribution < -0.4 is 10.6 Å². The monoisotopic (exact) mass is 415 g/mol. The summed E-state index contributed by atoms with van der Waals surface area (Å²) in [6, 6.07) is 8.24. The first-order valence-electron chi connectivity index (χ1n) is 10.6. The van der Waals surface area contributed by atoms with Crippen LogP contribution in [-0.4, -0.2) is 55.9 Å². The van der Waals surface area contributed by atoms with Gasteiger partial charge in [0, 0.05) is 42.3 Å². The van der Waals surface area contributed by atoms with Gasteiger partial charge in [0.1, 0.15) is 18.1 Å². The molecule has 2 aromatic heterocycles. The van der Waals surface area contributed by atoms with Gasteiger partial charge in [0.05, 0.1) is 24.3 Å². The van der Waals surface area contributed by atoms with Crippen LogP contribution in [0.2, 0.25) is 0 Å². The number of aryl methyl sites for hydroxylation is 1. The van der Waals surface area contributed by atoms with Crippen molar-refractivity contribution in [3.8, 4) is 22.3 Å². The van der Waals surface area contributed by atoms with E-state index in [2.05, 4.69) is 34.3 Å². The predicted octanol–water partition coefficient (Wildman–Crippen LogP) is 1.30. The van der Waals surface area contributed by atoms with E-state index in [-0.39, 0.29) is 0 Å². The maximum absolute atomic E-state index is 12.3. The maximum atomic E-state index is 12.3. The molecule has 2 aliphatic rings. The lowest BCUT2D eigenvalue weighted by Gasteiger charge is -2.43. The molecule has 0 amide bonds. The second kappa shape index (κ2) is 7.83. The largest absolute Gasteiger partial charge is 0.378 e. The average Bonchev–Trinajstić information content (AvgIpc) is 3.25. The second-order valence-corrected chi connectivity index (χ2v) is 8.34. The molecule has 1 N–H and O–H groups in total. The van der Waals surface area contributed by atoms with Gasteiger partial charge in [-0.2, -0.15) is 5.10 Å². The number of aromatic nitrogens is 3. The Balaban J connectivity index is 1.59. The molecular formula is C24H25N5O2. The lowest BCUT2D eigenvalue weighted by atomic mass is 9.90. The van der Waals surface area contributed by atoms with Crippen LogP contribution in [0.3, 0.4) is 0 Å². The first-order chi connectivity index (χ1) is 15.1. The van der Waals surface area contributed by atoms with Gasteiger partial charge in [0.15, 0.2) is 0 Å². The minimum Gasteiger partial charge on any atom is -0.378 e. The Morgan fingerprint density at radius 1 is 1.10 bits per heavy atom. The second-order valence-electron chi connectivity index (χ2n) is 8.34. The predicted molar refractivity (Wildman–Crippen MR) is 117 cm³/mol. The highest BCUT2D eigenvalue weighted by Crippen LogP contribution is 2.27. The van der Waals surface area contributed by atoms with Crippen molar-refractivity contribution in [1.29, 1.82) is 0 Å². The number of rotatable bonds is 4. The highest BCUT2D eigenvalue weighted by molar-refractivity contribution is 5.79. The van der Waals surface area contributed by atoms with Crippen molar-refractivity contribution in [2.75, 3.05) is 13.1 Å². The van der Waals surface area contributed by atoms with Crippen molar-refractivity contribution in [1.82, 2.24) is 19.7 Å². The summed E-state index contributed by atoms with van der Waals surface area (Å²) in [4.78, 5) is 23.3. The Hall–Kier alpha value is -3.16. The number of pyridine rings is 1. The van der Waals surface area contributed by atoms with E-state index in [0.717, 1.165) is 52.0 Å².